The molecular formula is C44H58N6O7. The number of carbonyl (C=O) groups excluding carboxylic acids is 4. The molecular weight excluding hydrogens is 725 g/mol. The van der Waals surface area contributed by atoms with E-state index in [9.17, 15) is 24.3 Å². The summed E-state index contributed by atoms with van der Waals surface area (Å²) in [6, 6.07) is 11.9. The summed E-state index contributed by atoms with van der Waals surface area (Å²) >= 11 is 0. The molecule has 0 unspecified atom stereocenters. The Morgan fingerprint density at radius 3 is 2.26 bits per heavy atom. The number of nitrogens with one attached hydrogen (secondary N) is 1. The fourth-order valence-corrected chi connectivity index (χ4v) is 8.97. The van der Waals surface area contributed by atoms with E-state index >= 15 is 0 Å². The van der Waals surface area contributed by atoms with Crippen LogP contribution in [0.5, 0.6) is 5.75 Å². The number of carbonyl (C=O) groups is 4. The molecule has 2 aromatic carbocycles. The SMILES string of the molecule is Cc1cc(C[C@@H](OC(=O)N2CCC(N3CCc4ccccc4NC3=O)CC2)C(=O)N2CCN(C3CCN(CCC(=O)OC4=CCCC=C4)CC3)CC2)cc(C)c1O. The standard InChI is InChI=1S/C44H58N6O7/c1-31-28-33(29-32(2)41(31)52)30-39(57-44(55)49-21-15-36(16-22-49)50-23-12-34-8-6-7-11-38(34)45-43(50)54)42(53)48-26-24-47(25-27-48)35-13-18-46(19-14-35)20-17-40(51)56-37-9-4-3-5-10-37/h4,6-11,28-29,35-36,39,52H,3,5,12-27,30H2,1-2H3,(H,45,54)/t39-/m1/s1. The van der Waals surface area contributed by atoms with Crippen LogP contribution in [0.1, 0.15) is 67.2 Å². The number of urea groups is 1. The molecule has 3 saturated heterocycles. The molecule has 4 aliphatic heterocycles. The Bertz CT molecular complexity index is 1820. The van der Waals surface area contributed by atoms with Gasteiger partial charge in [0.1, 0.15) is 11.5 Å². The third kappa shape index (κ3) is 10.2. The van der Waals surface area contributed by atoms with Crippen molar-refractivity contribution in [3.05, 3.63) is 82.6 Å². The van der Waals surface area contributed by atoms with Crippen molar-refractivity contribution in [3.8, 4) is 5.75 Å². The van der Waals surface area contributed by atoms with Gasteiger partial charge in [-0.05, 0) is 112 Å². The molecule has 0 radical (unpaired) electrons. The molecule has 4 heterocycles. The van der Waals surface area contributed by atoms with E-state index in [4.69, 9.17) is 9.47 Å². The van der Waals surface area contributed by atoms with Gasteiger partial charge in [-0.3, -0.25) is 14.5 Å². The van der Waals surface area contributed by atoms with Gasteiger partial charge in [-0.1, -0.05) is 36.4 Å². The molecule has 306 valence electrons. The topological polar surface area (TPSA) is 135 Å². The minimum Gasteiger partial charge on any atom is -0.507 e. The minimum absolute atomic E-state index is 0.00189. The van der Waals surface area contributed by atoms with E-state index in [1.54, 1.807) is 4.90 Å². The number of fused-ring (bicyclic) bond motifs is 1. The zero-order chi connectivity index (χ0) is 39.9. The number of benzene rings is 2. The monoisotopic (exact) mass is 782 g/mol. The molecule has 2 N–H and O–H groups in total. The Balaban J connectivity index is 0.906. The van der Waals surface area contributed by atoms with Crippen LogP contribution >= 0.6 is 0 Å². The molecule has 0 saturated carbocycles. The fraction of sp³-hybridized carbons (Fsp3) is 0.545. The lowest BCUT2D eigenvalue weighted by molar-refractivity contribution is -0.143. The number of amides is 4. The van der Waals surface area contributed by atoms with Gasteiger partial charge in [0, 0.05) is 76.5 Å². The average Bonchev–Trinajstić information content (AvgIpc) is 3.40. The first kappa shape index (κ1) is 40.3. The fourth-order valence-electron chi connectivity index (χ4n) is 8.97. The average molecular weight is 783 g/mol. The molecule has 13 nitrogen and oxygen atoms in total. The normalized spacial score (nSPS) is 20.6. The summed E-state index contributed by atoms with van der Waals surface area (Å²) in [6.07, 6.45) is 10.8. The van der Waals surface area contributed by atoms with Gasteiger partial charge < -0.3 is 39.5 Å². The number of anilines is 1. The van der Waals surface area contributed by atoms with Crippen molar-refractivity contribution in [2.45, 2.75) is 89.8 Å². The van der Waals surface area contributed by atoms with E-state index in [0.717, 1.165) is 75.1 Å². The summed E-state index contributed by atoms with van der Waals surface area (Å²) in [4.78, 5) is 63.7. The second-order valence-corrected chi connectivity index (χ2v) is 16.1. The molecule has 5 aliphatic rings. The van der Waals surface area contributed by atoms with Crippen molar-refractivity contribution in [2.75, 3.05) is 70.8 Å². The van der Waals surface area contributed by atoms with Crippen LogP contribution < -0.4 is 5.32 Å². The second-order valence-electron chi connectivity index (χ2n) is 16.1. The number of phenols is 1. The van der Waals surface area contributed by atoms with Gasteiger partial charge in [0.2, 0.25) is 0 Å². The first-order valence-corrected chi connectivity index (χ1v) is 20.8. The van der Waals surface area contributed by atoms with Crippen molar-refractivity contribution in [1.82, 2.24) is 24.5 Å². The molecule has 2 aromatic rings. The van der Waals surface area contributed by atoms with Crippen LogP contribution in [0.4, 0.5) is 15.3 Å². The number of allylic oxidation sites excluding steroid dienone is 3. The zero-order valence-electron chi connectivity index (χ0n) is 33.5. The Labute approximate surface area is 336 Å². The minimum atomic E-state index is -1.01. The van der Waals surface area contributed by atoms with Gasteiger partial charge in [-0.15, -0.1) is 0 Å². The molecule has 3 fully saturated rings. The lowest BCUT2D eigenvalue weighted by Crippen LogP contribution is -2.56. The van der Waals surface area contributed by atoms with E-state index in [2.05, 4.69) is 15.1 Å². The maximum atomic E-state index is 14.2. The predicted molar refractivity (Wildman–Crippen MR) is 217 cm³/mol. The number of aromatic hydroxyl groups is 1. The predicted octanol–water partition coefficient (Wildman–Crippen LogP) is 5.39. The number of esters is 1. The Morgan fingerprint density at radius 2 is 1.56 bits per heavy atom. The van der Waals surface area contributed by atoms with Gasteiger partial charge in [-0.25, -0.2) is 9.59 Å². The molecule has 0 spiro atoms. The Kier molecular flexibility index (Phi) is 13.1. The van der Waals surface area contributed by atoms with Crippen LogP contribution in [-0.2, 0) is 31.9 Å². The number of ether oxygens (including phenoxy) is 2. The number of rotatable bonds is 10. The van der Waals surface area contributed by atoms with Crippen LogP contribution in [0.2, 0.25) is 0 Å². The third-order valence-corrected chi connectivity index (χ3v) is 12.3. The van der Waals surface area contributed by atoms with E-state index < -0.39 is 12.2 Å². The number of piperazine rings is 1. The molecule has 0 bridgehead atoms. The van der Waals surface area contributed by atoms with Gasteiger partial charge >= 0.3 is 18.1 Å². The highest BCUT2D eigenvalue weighted by Gasteiger charge is 2.36. The number of aryl methyl sites for hydroxylation is 2. The van der Waals surface area contributed by atoms with Crippen molar-refractivity contribution < 1.29 is 33.8 Å². The first-order chi connectivity index (χ1) is 27.6. The van der Waals surface area contributed by atoms with Crippen molar-refractivity contribution in [3.63, 3.8) is 0 Å². The van der Waals surface area contributed by atoms with Crippen molar-refractivity contribution in [1.29, 1.82) is 0 Å². The number of para-hydroxylation sites is 1. The second kappa shape index (κ2) is 18.6. The maximum Gasteiger partial charge on any atom is 0.410 e. The highest BCUT2D eigenvalue weighted by Crippen LogP contribution is 2.27. The number of nitrogens with zero attached hydrogens (tertiary/aromatic N) is 5. The van der Waals surface area contributed by atoms with E-state index in [1.807, 2.05) is 78.3 Å². The molecule has 1 atom stereocenters. The summed E-state index contributed by atoms with van der Waals surface area (Å²) in [7, 11) is 0. The smallest absolute Gasteiger partial charge is 0.410 e. The zero-order valence-corrected chi connectivity index (χ0v) is 33.5. The first-order valence-electron chi connectivity index (χ1n) is 20.8. The summed E-state index contributed by atoms with van der Waals surface area (Å²) in [5, 5.41) is 13.5. The Hall–Kier alpha value is -4.88. The van der Waals surface area contributed by atoms with Crippen LogP contribution in [0.25, 0.3) is 0 Å². The summed E-state index contributed by atoms with van der Waals surface area (Å²) in [6.45, 7) is 10.2. The largest absolute Gasteiger partial charge is 0.507 e. The lowest BCUT2D eigenvalue weighted by atomic mass is 10.00. The summed E-state index contributed by atoms with van der Waals surface area (Å²) in [5.41, 5.74) is 4.20. The van der Waals surface area contributed by atoms with Crippen molar-refractivity contribution in [2.24, 2.45) is 0 Å². The van der Waals surface area contributed by atoms with Gasteiger partial charge in [0.05, 0.1) is 6.42 Å². The number of hydrogen-bond donors (Lipinski definition) is 2. The van der Waals surface area contributed by atoms with Crippen LogP contribution in [0.15, 0.2) is 60.4 Å². The van der Waals surface area contributed by atoms with Gasteiger partial charge in [0.15, 0.2) is 6.10 Å². The number of likely N-dealkylation sites (tertiary alicyclic amines) is 2. The molecule has 13 heteroatoms. The maximum absolute atomic E-state index is 14.2. The molecule has 1 aliphatic carbocycles. The number of hydrogen-bond acceptors (Lipinski definition) is 9. The van der Waals surface area contributed by atoms with Gasteiger partial charge in [-0.2, -0.15) is 0 Å². The van der Waals surface area contributed by atoms with E-state index in [0.29, 0.717) is 81.5 Å². The van der Waals surface area contributed by atoms with Crippen LogP contribution in [0, 0.1) is 13.8 Å². The third-order valence-electron chi connectivity index (χ3n) is 12.3. The van der Waals surface area contributed by atoms with Gasteiger partial charge in [0.25, 0.3) is 5.91 Å². The van der Waals surface area contributed by atoms with Crippen molar-refractivity contribution >= 4 is 29.7 Å². The number of phenolic OH excluding ortho intramolecular Hbond substituents is 1. The van der Waals surface area contributed by atoms with E-state index in [-0.39, 0.29) is 36.1 Å². The highest BCUT2D eigenvalue weighted by atomic mass is 16.6. The highest BCUT2D eigenvalue weighted by molar-refractivity contribution is 5.91. The molecule has 7 rings (SSSR count). The summed E-state index contributed by atoms with van der Waals surface area (Å²) < 4.78 is 11.6. The summed E-state index contributed by atoms with van der Waals surface area (Å²) in [5.74, 6) is 0.480. The van der Waals surface area contributed by atoms with Crippen LogP contribution in [0.3, 0.4) is 0 Å². The lowest BCUT2D eigenvalue weighted by Gasteiger charge is -2.43. The quantitative estimate of drug-likeness (QED) is 0.305. The number of piperidine rings is 2. The molecule has 4 amide bonds. The van der Waals surface area contributed by atoms with E-state index in [1.165, 1.54) is 0 Å². The van der Waals surface area contributed by atoms with Crippen LogP contribution in [-0.4, -0.2) is 137 Å². The molecule has 57 heavy (non-hydrogen) atoms. The Morgan fingerprint density at radius 1 is 0.860 bits per heavy atom. The molecule has 0 aromatic heterocycles.